The fourth-order valence-electron chi connectivity index (χ4n) is 2.77. The standard InChI is InChI=1S/C18H33NO4/c1-6-8-9-14(7-2)12-16(20)15-13-22-11-10-19(15)17(21)23-18(3,4)5/h14-15H,6-13H2,1-5H3. The Morgan fingerprint density at radius 1 is 1.30 bits per heavy atom. The number of hydrogen-bond donors (Lipinski definition) is 0. The molecule has 2 unspecified atom stereocenters. The van der Waals surface area contributed by atoms with Crippen molar-refractivity contribution in [3.05, 3.63) is 0 Å². The Bertz CT molecular complexity index is 389. The van der Waals surface area contributed by atoms with Gasteiger partial charge in [-0.25, -0.2) is 4.79 Å². The van der Waals surface area contributed by atoms with Gasteiger partial charge in [0.2, 0.25) is 0 Å². The maximum Gasteiger partial charge on any atom is 0.411 e. The Balaban J connectivity index is 2.69. The molecule has 23 heavy (non-hydrogen) atoms. The number of rotatable bonds is 7. The quantitative estimate of drug-likeness (QED) is 0.714. The van der Waals surface area contributed by atoms with Gasteiger partial charge in [0.05, 0.1) is 13.2 Å². The third kappa shape index (κ3) is 6.90. The van der Waals surface area contributed by atoms with Crippen LogP contribution in [0.25, 0.3) is 0 Å². The number of ether oxygens (including phenoxy) is 2. The average Bonchev–Trinajstić information content (AvgIpc) is 2.49. The smallest absolute Gasteiger partial charge is 0.411 e. The molecule has 1 rings (SSSR count). The van der Waals surface area contributed by atoms with Crippen LogP contribution in [0.3, 0.4) is 0 Å². The lowest BCUT2D eigenvalue weighted by molar-refractivity contribution is -0.131. The SMILES string of the molecule is CCCCC(CC)CC(=O)C1COCCN1C(=O)OC(C)(C)C. The molecule has 5 heteroatoms. The monoisotopic (exact) mass is 327 g/mol. The first-order valence-electron chi connectivity index (χ1n) is 8.88. The average molecular weight is 327 g/mol. The minimum Gasteiger partial charge on any atom is -0.444 e. The molecule has 1 aliphatic heterocycles. The van der Waals surface area contributed by atoms with Crippen LogP contribution in [-0.2, 0) is 14.3 Å². The van der Waals surface area contributed by atoms with Gasteiger partial charge < -0.3 is 9.47 Å². The van der Waals surface area contributed by atoms with Crippen molar-refractivity contribution in [1.82, 2.24) is 4.90 Å². The second kappa shape index (κ2) is 9.26. The van der Waals surface area contributed by atoms with E-state index in [1.165, 1.54) is 0 Å². The highest BCUT2D eigenvalue weighted by Gasteiger charge is 2.35. The second-order valence-corrected chi connectivity index (χ2v) is 7.35. The van der Waals surface area contributed by atoms with E-state index in [1.54, 1.807) is 4.90 Å². The molecule has 1 heterocycles. The van der Waals surface area contributed by atoms with Gasteiger partial charge in [-0.05, 0) is 26.7 Å². The van der Waals surface area contributed by atoms with Crippen molar-refractivity contribution in [2.24, 2.45) is 5.92 Å². The lowest BCUT2D eigenvalue weighted by Crippen LogP contribution is -2.54. The van der Waals surface area contributed by atoms with Crippen LogP contribution in [0.15, 0.2) is 0 Å². The van der Waals surface area contributed by atoms with Crippen LogP contribution < -0.4 is 0 Å². The summed E-state index contributed by atoms with van der Waals surface area (Å²) in [6, 6.07) is -0.505. The first-order chi connectivity index (χ1) is 10.8. The fraction of sp³-hybridized carbons (Fsp3) is 0.889. The van der Waals surface area contributed by atoms with E-state index in [1.807, 2.05) is 20.8 Å². The molecule has 0 aromatic heterocycles. The summed E-state index contributed by atoms with van der Waals surface area (Å²) in [6.45, 7) is 10.9. The van der Waals surface area contributed by atoms with Crippen molar-refractivity contribution in [3.8, 4) is 0 Å². The van der Waals surface area contributed by atoms with Crippen molar-refractivity contribution in [1.29, 1.82) is 0 Å². The molecule has 0 radical (unpaired) electrons. The van der Waals surface area contributed by atoms with E-state index < -0.39 is 17.7 Å². The van der Waals surface area contributed by atoms with Crippen LogP contribution in [0.1, 0.15) is 66.7 Å². The van der Waals surface area contributed by atoms with Crippen LogP contribution in [0.2, 0.25) is 0 Å². The Morgan fingerprint density at radius 2 is 2.00 bits per heavy atom. The van der Waals surface area contributed by atoms with Crippen LogP contribution in [0.5, 0.6) is 0 Å². The van der Waals surface area contributed by atoms with E-state index in [-0.39, 0.29) is 12.4 Å². The van der Waals surface area contributed by atoms with Crippen LogP contribution in [-0.4, -0.2) is 48.2 Å². The van der Waals surface area contributed by atoms with Gasteiger partial charge in [-0.2, -0.15) is 0 Å². The van der Waals surface area contributed by atoms with E-state index in [9.17, 15) is 9.59 Å². The fourth-order valence-corrected chi connectivity index (χ4v) is 2.77. The number of nitrogens with zero attached hydrogens (tertiary/aromatic N) is 1. The zero-order valence-corrected chi connectivity index (χ0v) is 15.4. The number of hydrogen-bond acceptors (Lipinski definition) is 4. The summed E-state index contributed by atoms with van der Waals surface area (Å²) in [5.74, 6) is 0.489. The zero-order chi connectivity index (χ0) is 17.5. The van der Waals surface area contributed by atoms with Gasteiger partial charge in [-0.15, -0.1) is 0 Å². The Labute approximate surface area is 140 Å². The summed E-state index contributed by atoms with van der Waals surface area (Å²) >= 11 is 0. The maximum atomic E-state index is 12.7. The molecule has 0 N–H and O–H groups in total. The highest BCUT2D eigenvalue weighted by molar-refractivity contribution is 5.88. The first-order valence-corrected chi connectivity index (χ1v) is 8.88. The minimum atomic E-state index is -0.559. The summed E-state index contributed by atoms with van der Waals surface area (Å²) in [4.78, 5) is 26.6. The number of carbonyl (C=O) groups is 2. The predicted octanol–water partition coefficient (Wildman–Crippen LogP) is 3.80. The second-order valence-electron chi connectivity index (χ2n) is 7.35. The Kier molecular flexibility index (Phi) is 8.03. The van der Waals surface area contributed by atoms with Gasteiger partial charge in [0.1, 0.15) is 11.6 Å². The van der Waals surface area contributed by atoms with Gasteiger partial charge in [0, 0.05) is 13.0 Å². The van der Waals surface area contributed by atoms with Crippen molar-refractivity contribution < 1.29 is 19.1 Å². The van der Waals surface area contributed by atoms with Crippen molar-refractivity contribution >= 4 is 11.9 Å². The third-order valence-electron chi connectivity index (χ3n) is 4.16. The number of carbonyl (C=O) groups excluding carboxylic acids is 2. The minimum absolute atomic E-state index is 0.0958. The molecular weight excluding hydrogens is 294 g/mol. The Morgan fingerprint density at radius 3 is 2.57 bits per heavy atom. The van der Waals surface area contributed by atoms with E-state index in [2.05, 4.69) is 13.8 Å². The van der Waals surface area contributed by atoms with Crippen molar-refractivity contribution in [2.45, 2.75) is 78.4 Å². The molecule has 0 spiro atoms. The molecule has 0 aromatic carbocycles. The van der Waals surface area contributed by atoms with Crippen LogP contribution in [0, 0.1) is 5.92 Å². The molecule has 0 aliphatic carbocycles. The van der Waals surface area contributed by atoms with E-state index >= 15 is 0 Å². The number of Topliss-reactive ketones (excluding diaryl/α,β-unsaturated/α-hetero) is 1. The summed E-state index contributed by atoms with van der Waals surface area (Å²) < 4.78 is 10.9. The van der Waals surface area contributed by atoms with Gasteiger partial charge in [0.15, 0.2) is 5.78 Å². The van der Waals surface area contributed by atoms with Crippen molar-refractivity contribution in [3.63, 3.8) is 0 Å². The van der Waals surface area contributed by atoms with Crippen LogP contribution >= 0.6 is 0 Å². The molecule has 1 aliphatic rings. The molecule has 2 atom stereocenters. The topological polar surface area (TPSA) is 55.8 Å². The van der Waals surface area contributed by atoms with Gasteiger partial charge in [-0.1, -0.05) is 39.5 Å². The molecule has 0 saturated carbocycles. The maximum absolute atomic E-state index is 12.7. The summed E-state index contributed by atoms with van der Waals surface area (Å²) in [5, 5.41) is 0. The highest BCUT2D eigenvalue weighted by atomic mass is 16.6. The van der Waals surface area contributed by atoms with Crippen LogP contribution in [0.4, 0.5) is 4.79 Å². The lowest BCUT2D eigenvalue weighted by Gasteiger charge is -2.36. The molecule has 1 fully saturated rings. The van der Waals surface area contributed by atoms with Gasteiger partial charge in [0.25, 0.3) is 0 Å². The highest BCUT2D eigenvalue weighted by Crippen LogP contribution is 2.21. The number of morpholine rings is 1. The molecule has 5 nitrogen and oxygen atoms in total. The normalized spacial score (nSPS) is 20.2. The van der Waals surface area contributed by atoms with Gasteiger partial charge >= 0.3 is 6.09 Å². The third-order valence-corrected chi connectivity index (χ3v) is 4.16. The molecular formula is C18H33NO4. The number of ketones is 1. The van der Waals surface area contributed by atoms with Crippen molar-refractivity contribution in [2.75, 3.05) is 19.8 Å². The lowest BCUT2D eigenvalue weighted by atomic mass is 9.91. The largest absolute Gasteiger partial charge is 0.444 e. The zero-order valence-electron chi connectivity index (χ0n) is 15.4. The molecule has 0 aromatic rings. The summed E-state index contributed by atoms with van der Waals surface area (Å²) in [7, 11) is 0. The molecule has 1 saturated heterocycles. The summed E-state index contributed by atoms with van der Waals surface area (Å²) in [6.07, 6.45) is 4.44. The molecule has 1 amide bonds. The summed E-state index contributed by atoms with van der Waals surface area (Å²) in [5.41, 5.74) is -0.559. The van der Waals surface area contributed by atoms with E-state index in [4.69, 9.17) is 9.47 Å². The Hall–Kier alpha value is -1.10. The number of unbranched alkanes of at least 4 members (excludes halogenated alkanes) is 1. The first kappa shape index (κ1) is 19.9. The van der Waals surface area contributed by atoms with E-state index in [0.29, 0.717) is 25.5 Å². The predicted molar refractivity (Wildman–Crippen MR) is 90.5 cm³/mol. The molecule has 0 bridgehead atoms. The molecule has 134 valence electrons. The van der Waals surface area contributed by atoms with Gasteiger partial charge in [-0.3, -0.25) is 9.69 Å². The van der Waals surface area contributed by atoms with E-state index in [0.717, 1.165) is 25.7 Å². The number of amides is 1.